The van der Waals surface area contributed by atoms with Crippen LogP contribution in [-0.2, 0) is 4.79 Å². The molecule has 1 atom stereocenters. The summed E-state index contributed by atoms with van der Waals surface area (Å²) in [6, 6.07) is 8.86. The van der Waals surface area contributed by atoms with E-state index in [9.17, 15) is 9.59 Å². The number of benzene rings is 1. The van der Waals surface area contributed by atoms with Gasteiger partial charge in [-0.2, -0.15) is 0 Å². The molecule has 0 fully saturated rings. The smallest absolute Gasteiger partial charge is 0.260 e. The molecular weight excluding hydrogens is 331 g/mol. The van der Waals surface area contributed by atoms with Crippen LogP contribution < -0.4 is 11.1 Å². The molecule has 110 valence electrons. The van der Waals surface area contributed by atoms with Gasteiger partial charge in [0.2, 0.25) is 5.91 Å². The first-order chi connectivity index (χ1) is 9.88. The first-order valence-corrected chi connectivity index (χ1v) is 7.66. The number of anilines is 1. The standard InChI is InChI=1S/C14H12Cl2N2O2S/c1-7(15)14(20)18-10-6-11(21-12(10)13(17)19)8-2-4-9(16)5-3-8/h2-7H,1H3,(H2,17,19)(H,18,20). The van der Waals surface area contributed by atoms with E-state index in [1.807, 2.05) is 12.1 Å². The number of primary amides is 1. The lowest BCUT2D eigenvalue weighted by molar-refractivity contribution is -0.115. The molecule has 0 aliphatic rings. The number of hydrogen-bond donors (Lipinski definition) is 2. The summed E-state index contributed by atoms with van der Waals surface area (Å²) < 4.78 is 0. The Balaban J connectivity index is 2.39. The zero-order valence-electron chi connectivity index (χ0n) is 11.0. The van der Waals surface area contributed by atoms with E-state index in [4.69, 9.17) is 28.9 Å². The van der Waals surface area contributed by atoms with Crippen molar-refractivity contribution in [2.75, 3.05) is 5.32 Å². The summed E-state index contributed by atoms with van der Waals surface area (Å²) in [4.78, 5) is 24.3. The van der Waals surface area contributed by atoms with Crippen LogP contribution in [-0.4, -0.2) is 17.2 Å². The van der Waals surface area contributed by atoms with Crippen molar-refractivity contribution >= 4 is 52.0 Å². The van der Waals surface area contributed by atoms with E-state index < -0.39 is 11.3 Å². The van der Waals surface area contributed by atoms with Gasteiger partial charge in [0.25, 0.3) is 5.91 Å². The number of nitrogens with one attached hydrogen (secondary N) is 1. The largest absolute Gasteiger partial charge is 0.365 e. The molecule has 0 saturated heterocycles. The van der Waals surface area contributed by atoms with Crippen molar-refractivity contribution in [3.8, 4) is 10.4 Å². The van der Waals surface area contributed by atoms with Crippen molar-refractivity contribution in [2.24, 2.45) is 5.73 Å². The summed E-state index contributed by atoms with van der Waals surface area (Å²) in [5.74, 6) is -0.989. The summed E-state index contributed by atoms with van der Waals surface area (Å²) >= 11 is 12.8. The minimum Gasteiger partial charge on any atom is -0.365 e. The Morgan fingerprint density at radius 3 is 2.43 bits per heavy atom. The number of carbonyl (C=O) groups excluding carboxylic acids is 2. The molecule has 1 aromatic carbocycles. The third kappa shape index (κ3) is 3.75. The summed E-state index contributed by atoms with van der Waals surface area (Å²) in [7, 11) is 0. The van der Waals surface area contributed by atoms with Crippen molar-refractivity contribution in [3.05, 3.63) is 40.2 Å². The highest BCUT2D eigenvalue weighted by Crippen LogP contribution is 2.35. The van der Waals surface area contributed by atoms with Gasteiger partial charge in [-0.15, -0.1) is 22.9 Å². The van der Waals surface area contributed by atoms with Gasteiger partial charge >= 0.3 is 0 Å². The summed E-state index contributed by atoms with van der Waals surface area (Å²) in [6.45, 7) is 1.55. The molecule has 3 N–H and O–H groups in total. The van der Waals surface area contributed by atoms with Gasteiger partial charge in [0.1, 0.15) is 10.3 Å². The lowest BCUT2D eigenvalue weighted by atomic mass is 10.2. The van der Waals surface area contributed by atoms with Gasteiger partial charge in [0.15, 0.2) is 0 Å². The molecule has 0 saturated carbocycles. The van der Waals surface area contributed by atoms with Crippen molar-refractivity contribution < 1.29 is 9.59 Å². The average molecular weight is 343 g/mol. The van der Waals surface area contributed by atoms with Crippen LogP contribution in [0.2, 0.25) is 5.02 Å². The van der Waals surface area contributed by atoms with Gasteiger partial charge in [-0.05, 0) is 30.7 Å². The van der Waals surface area contributed by atoms with Crippen LogP contribution in [0.1, 0.15) is 16.6 Å². The van der Waals surface area contributed by atoms with E-state index >= 15 is 0 Å². The van der Waals surface area contributed by atoms with Crippen molar-refractivity contribution in [1.82, 2.24) is 0 Å². The fourth-order valence-corrected chi connectivity index (χ4v) is 2.81. The molecule has 2 rings (SSSR count). The maximum Gasteiger partial charge on any atom is 0.260 e. The van der Waals surface area contributed by atoms with E-state index in [1.165, 1.54) is 11.3 Å². The molecule has 1 unspecified atom stereocenters. The van der Waals surface area contributed by atoms with Gasteiger partial charge in [0.05, 0.1) is 5.69 Å². The van der Waals surface area contributed by atoms with Gasteiger partial charge in [-0.25, -0.2) is 0 Å². The van der Waals surface area contributed by atoms with Crippen molar-refractivity contribution in [1.29, 1.82) is 0 Å². The number of carbonyl (C=O) groups is 2. The first kappa shape index (κ1) is 15.8. The predicted octanol–water partition coefficient (Wildman–Crippen LogP) is 3.73. The topological polar surface area (TPSA) is 72.2 Å². The fraction of sp³-hybridized carbons (Fsp3) is 0.143. The Morgan fingerprint density at radius 1 is 1.29 bits per heavy atom. The van der Waals surface area contributed by atoms with E-state index in [1.54, 1.807) is 25.1 Å². The van der Waals surface area contributed by atoms with Crippen molar-refractivity contribution in [3.63, 3.8) is 0 Å². The maximum atomic E-state index is 11.7. The Kier molecular flexibility index (Phi) is 4.88. The van der Waals surface area contributed by atoms with Gasteiger partial charge in [-0.1, -0.05) is 23.7 Å². The number of nitrogens with two attached hydrogens (primary N) is 1. The Hall–Kier alpha value is -1.56. The predicted molar refractivity (Wildman–Crippen MR) is 87.2 cm³/mol. The molecule has 2 aromatic rings. The Morgan fingerprint density at radius 2 is 1.90 bits per heavy atom. The molecular formula is C14H12Cl2N2O2S. The van der Waals surface area contributed by atoms with Crippen LogP contribution in [0.15, 0.2) is 30.3 Å². The molecule has 1 heterocycles. The quantitative estimate of drug-likeness (QED) is 0.830. The zero-order valence-corrected chi connectivity index (χ0v) is 13.4. The van der Waals surface area contributed by atoms with Gasteiger partial charge < -0.3 is 11.1 Å². The fourth-order valence-electron chi connectivity index (χ4n) is 1.66. The summed E-state index contributed by atoms with van der Waals surface area (Å²) in [5, 5.41) is 2.52. The van der Waals surface area contributed by atoms with E-state index in [2.05, 4.69) is 5.32 Å². The van der Waals surface area contributed by atoms with Crippen LogP contribution in [0.25, 0.3) is 10.4 Å². The lowest BCUT2D eigenvalue weighted by Gasteiger charge is -2.05. The average Bonchev–Trinajstić information content (AvgIpc) is 2.83. The molecule has 0 spiro atoms. The number of hydrogen-bond acceptors (Lipinski definition) is 3. The number of halogens is 2. The number of rotatable bonds is 4. The van der Waals surface area contributed by atoms with Crippen LogP contribution >= 0.6 is 34.5 Å². The molecule has 21 heavy (non-hydrogen) atoms. The van der Waals surface area contributed by atoms with E-state index in [0.29, 0.717) is 10.7 Å². The third-order valence-corrected chi connectivity index (χ3v) is 4.35. The van der Waals surface area contributed by atoms with Crippen LogP contribution in [0.4, 0.5) is 5.69 Å². The Labute approximate surface area is 135 Å². The second-order valence-electron chi connectivity index (χ2n) is 4.33. The van der Waals surface area contributed by atoms with Gasteiger partial charge in [-0.3, -0.25) is 9.59 Å². The molecule has 1 aromatic heterocycles. The molecule has 0 aliphatic heterocycles. The highest BCUT2D eigenvalue weighted by Gasteiger charge is 2.18. The SMILES string of the molecule is CC(Cl)C(=O)Nc1cc(-c2ccc(Cl)cc2)sc1C(N)=O. The molecule has 4 nitrogen and oxygen atoms in total. The van der Waals surface area contributed by atoms with Crippen molar-refractivity contribution in [2.45, 2.75) is 12.3 Å². The lowest BCUT2D eigenvalue weighted by Crippen LogP contribution is -2.22. The highest BCUT2D eigenvalue weighted by atomic mass is 35.5. The maximum absolute atomic E-state index is 11.7. The van der Waals surface area contributed by atoms with Crippen LogP contribution in [0, 0.1) is 0 Å². The monoisotopic (exact) mass is 342 g/mol. The summed E-state index contributed by atoms with van der Waals surface area (Å²) in [5.41, 5.74) is 6.60. The normalized spacial score (nSPS) is 12.0. The van der Waals surface area contributed by atoms with Crippen LogP contribution in [0.5, 0.6) is 0 Å². The molecule has 0 bridgehead atoms. The minimum atomic E-state index is -0.704. The van der Waals surface area contributed by atoms with Gasteiger partial charge in [0, 0.05) is 9.90 Å². The second-order valence-corrected chi connectivity index (χ2v) is 6.47. The zero-order chi connectivity index (χ0) is 15.6. The highest BCUT2D eigenvalue weighted by molar-refractivity contribution is 7.18. The third-order valence-electron chi connectivity index (χ3n) is 2.70. The minimum absolute atomic E-state index is 0.283. The van der Waals surface area contributed by atoms with E-state index in [-0.39, 0.29) is 10.8 Å². The second kappa shape index (κ2) is 6.47. The molecule has 2 amide bonds. The first-order valence-electron chi connectivity index (χ1n) is 6.03. The molecule has 0 aliphatic carbocycles. The molecule has 7 heteroatoms. The summed E-state index contributed by atoms with van der Waals surface area (Å²) in [6.07, 6.45) is 0. The van der Waals surface area contributed by atoms with Crippen LogP contribution in [0.3, 0.4) is 0 Å². The van der Waals surface area contributed by atoms with E-state index in [0.717, 1.165) is 10.4 Å². The molecule has 0 radical (unpaired) electrons. The number of amides is 2. The number of thiophene rings is 1. The Bertz CT molecular complexity index is 681. The number of alkyl halides is 1.